The van der Waals surface area contributed by atoms with Gasteiger partial charge in [-0.3, -0.25) is 9.59 Å². The van der Waals surface area contributed by atoms with Gasteiger partial charge in [0.1, 0.15) is 17.7 Å². The molecule has 0 spiro atoms. The number of hydrogen-bond donors (Lipinski definition) is 3. The van der Waals surface area contributed by atoms with Crippen LogP contribution in [-0.2, 0) is 14.3 Å². The summed E-state index contributed by atoms with van der Waals surface area (Å²) in [7, 11) is 0. The smallest absolute Gasteiger partial charge is 0.408 e. The molecule has 184 valence electrons. The average molecular weight is 478 g/mol. The molecule has 1 aromatic carbocycles. The molecule has 2 rings (SSSR count). The maximum atomic E-state index is 13.8. The number of benzene rings is 1. The van der Waals surface area contributed by atoms with Crippen LogP contribution in [0.2, 0.25) is 0 Å². The molecule has 3 amide bonds. The number of amides is 3. The van der Waals surface area contributed by atoms with E-state index in [9.17, 15) is 14.4 Å². The van der Waals surface area contributed by atoms with Gasteiger partial charge < -0.3 is 20.3 Å². The monoisotopic (exact) mass is 477 g/mol. The lowest BCUT2D eigenvalue weighted by Crippen LogP contribution is -2.55. The maximum absolute atomic E-state index is 13.8. The number of ether oxygens (including phenoxy) is 1. The number of hydrogen-bond acceptors (Lipinski definition) is 5. The first kappa shape index (κ1) is 27.0. The van der Waals surface area contributed by atoms with Gasteiger partial charge in [-0.25, -0.2) is 4.79 Å². The summed E-state index contributed by atoms with van der Waals surface area (Å²) in [4.78, 5) is 41.3. The zero-order valence-corrected chi connectivity index (χ0v) is 21.5. The molecular formula is C25H39N3O4S. The van der Waals surface area contributed by atoms with Crippen molar-refractivity contribution >= 4 is 30.5 Å². The summed E-state index contributed by atoms with van der Waals surface area (Å²) < 4.78 is 5.34. The first-order chi connectivity index (χ1) is 15.5. The summed E-state index contributed by atoms with van der Waals surface area (Å²) in [5.41, 5.74) is 0.0437. The Kier molecular flexibility index (Phi) is 9.64. The van der Waals surface area contributed by atoms with Crippen LogP contribution in [0.1, 0.15) is 72.4 Å². The maximum Gasteiger partial charge on any atom is 0.408 e. The van der Waals surface area contributed by atoms with Crippen molar-refractivity contribution in [1.29, 1.82) is 0 Å². The minimum atomic E-state index is -0.914. The number of carbonyl (C=O) groups is 3. The average Bonchev–Trinajstić information content (AvgIpc) is 3.44. The largest absolute Gasteiger partial charge is 0.444 e. The van der Waals surface area contributed by atoms with Gasteiger partial charge in [0, 0.05) is 17.8 Å². The second-order valence-electron chi connectivity index (χ2n) is 9.92. The van der Waals surface area contributed by atoms with Crippen LogP contribution in [0.25, 0.3) is 0 Å². The van der Waals surface area contributed by atoms with Gasteiger partial charge in [0.25, 0.3) is 0 Å². The molecule has 0 aromatic heterocycles. The van der Waals surface area contributed by atoms with Crippen molar-refractivity contribution < 1.29 is 19.1 Å². The van der Waals surface area contributed by atoms with Crippen LogP contribution >= 0.6 is 12.6 Å². The molecule has 33 heavy (non-hydrogen) atoms. The Morgan fingerprint density at radius 1 is 1.18 bits per heavy atom. The van der Waals surface area contributed by atoms with E-state index in [1.807, 2.05) is 37.3 Å². The third kappa shape index (κ3) is 7.95. The molecule has 5 unspecified atom stereocenters. The van der Waals surface area contributed by atoms with E-state index < -0.39 is 23.8 Å². The molecule has 0 saturated heterocycles. The molecule has 0 aliphatic heterocycles. The zero-order chi connectivity index (χ0) is 24.8. The fraction of sp³-hybridized carbons (Fsp3) is 0.640. The van der Waals surface area contributed by atoms with Gasteiger partial charge in [0.05, 0.1) is 0 Å². The Morgan fingerprint density at radius 3 is 2.27 bits per heavy atom. The summed E-state index contributed by atoms with van der Waals surface area (Å²) in [5.74, 6) is -0.198. The number of nitrogens with zero attached hydrogens (tertiary/aromatic N) is 1. The quantitative estimate of drug-likeness (QED) is 0.443. The van der Waals surface area contributed by atoms with E-state index in [4.69, 9.17) is 4.74 Å². The molecule has 2 N–H and O–H groups in total. The Morgan fingerprint density at radius 2 is 1.79 bits per heavy atom. The van der Waals surface area contributed by atoms with Gasteiger partial charge >= 0.3 is 6.09 Å². The van der Waals surface area contributed by atoms with Gasteiger partial charge in [0.2, 0.25) is 11.8 Å². The molecule has 7 nitrogen and oxygen atoms in total. The van der Waals surface area contributed by atoms with Gasteiger partial charge in [0.15, 0.2) is 0 Å². The normalized spacial score (nSPS) is 20.2. The first-order valence-electron chi connectivity index (χ1n) is 11.8. The molecule has 1 aliphatic rings. The number of rotatable bonds is 10. The number of nitrogens with one attached hydrogen (secondary N) is 2. The lowest BCUT2D eigenvalue weighted by atomic mass is 10.0. The van der Waals surface area contributed by atoms with Crippen molar-refractivity contribution in [3.05, 3.63) is 35.9 Å². The summed E-state index contributed by atoms with van der Waals surface area (Å²) in [6.07, 6.45) is 1.91. The molecule has 1 fully saturated rings. The van der Waals surface area contributed by atoms with Gasteiger partial charge in [-0.05, 0) is 52.0 Å². The number of alkyl carbamates (subject to hydrolysis) is 1. The topological polar surface area (TPSA) is 87.7 Å². The van der Waals surface area contributed by atoms with Crippen LogP contribution in [0, 0.1) is 5.92 Å². The Bertz CT molecular complexity index is 812. The molecule has 1 aromatic rings. The molecule has 1 saturated carbocycles. The highest BCUT2D eigenvalue weighted by Gasteiger charge is 2.48. The second kappa shape index (κ2) is 11.8. The van der Waals surface area contributed by atoms with E-state index in [1.54, 1.807) is 25.7 Å². The zero-order valence-electron chi connectivity index (χ0n) is 20.6. The van der Waals surface area contributed by atoms with Crippen LogP contribution in [-0.4, -0.2) is 52.3 Å². The summed E-state index contributed by atoms with van der Waals surface area (Å²) in [6.45, 7) is 11.4. The van der Waals surface area contributed by atoms with E-state index in [1.165, 1.54) is 0 Å². The Hall–Kier alpha value is -2.22. The van der Waals surface area contributed by atoms with Crippen LogP contribution in [0.5, 0.6) is 0 Å². The summed E-state index contributed by atoms with van der Waals surface area (Å²) >= 11 is 4.32. The highest BCUT2D eigenvalue weighted by molar-refractivity contribution is 7.80. The summed E-state index contributed by atoms with van der Waals surface area (Å²) in [6, 6.07) is 7.51. The van der Waals surface area contributed by atoms with Gasteiger partial charge in [-0.2, -0.15) is 12.6 Å². The van der Waals surface area contributed by atoms with E-state index in [2.05, 4.69) is 37.1 Å². The minimum absolute atomic E-state index is 0.0112. The van der Waals surface area contributed by atoms with Crippen LogP contribution in [0.3, 0.4) is 0 Å². The summed E-state index contributed by atoms with van der Waals surface area (Å²) in [5, 5.41) is 5.72. The lowest BCUT2D eigenvalue weighted by Gasteiger charge is -2.35. The first-order valence-corrected chi connectivity index (χ1v) is 12.4. The van der Waals surface area contributed by atoms with E-state index >= 15 is 0 Å². The van der Waals surface area contributed by atoms with Crippen molar-refractivity contribution in [1.82, 2.24) is 15.5 Å². The molecule has 0 bridgehead atoms. The predicted molar refractivity (Wildman–Crippen MR) is 133 cm³/mol. The van der Waals surface area contributed by atoms with Crippen molar-refractivity contribution in [2.24, 2.45) is 5.92 Å². The van der Waals surface area contributed by atoms with Crippen molar-refractivity contribution in [3.8, 4) is 0 Å². The van der Waals surface area contributed by atoms with Gasteiger partial charge in [-0.15, -0.1) is 0 Å². The number of thiol groups is 1. The molecule has 5 atom stereocenters. The molecule has 0 radical (unpaired) electrons. The van der Waals surface area contributed by atoms with E-state index in [-0.39, 0.29) is 35.6 Å². The number of carbonyl (C=O) groups excluding carboxylic acids is 3. The van der Waals surface area contributed by atoms with Crippen molar-refractivity contribution in [3.63, 3.8) is 0 Å². The fourth-order valence-electron chi connectivity index (χ4n) is 3.89. The molecular weight excluding hydrogens is 438 g/mol. The highest BCUT2D eigenvalue weighted by atomic mass is 32.1. The predicted octanol–water partition coefficient (Wildman–Crippen LogP) is 4.09. The molecule has 8 heteroatoms. The minimum Gasteiger partial charge on any atom is -0.444 e. The SMILES string of the molecule is CCCC(C)NC(=O)C(c1ccccc1)N(C(=O)C(CS)NC(=O)OC(C)(C)C)C1CC1C. The van der Waals surface area contributed by atoms with Gasteiger partial charge in [-0.1, -0.05) is 50.6 Å². The third-order valence-corrected chi connectivity index (χ3v) is 5.97. The molecule has 0 heterocycles. The van der Waals surface area contributed by atoms with Crippen molar-refractivity contribution in [2.45, 2.75) is 90.6 Å². The van der Waals surface area contributed by atoms with Crippen LogP contribution in [0.4, 0.5) is 4.79 Å². The standard InChI is InChI=1S/C25H39N3O4S/c1-7-11-17(3)26-22(29)21(18-12-9-8-10-13-18)28(20-14-16(20)2)23(30)19(15-33)27-24(31)32-25(4,5)6/h8-10,12-13,16-17,19-21,33H,7,11,14-15H2,1-6H3,(H,26,29)(H,27,31). The lowest BCUT2D eigenvalue weighted by molar-refractivity contribution is -0.143. The highest BCUT2D eigenvalue weighted by Crippen LogP contribution is 2.40. The van der Waals surface area contributed by atoms with E-state index in [0.717, 1.165) is 24.8 Å². The Balaban J connectivity index is 2.37. The Labute approximate surface area is 203 Å². The van der Waals surface area contributed by atoms with Crippen LogP contribution in [0.15, 0.2) is 30.3 Å². The van der Waals surface area contributed by atoms with E-state index in [0.29, 0.717) is 0 Å². The second-order valence-corrected chi connectivity index (χ2v) is 10.3. The fourth-order valence-corrected chi connectivity index (χ4v) is 4.14. The molecule has 1 aliphatic carbocycles. The van der Waals surface area contributed by atoms with Crippen LogP contribution < -0.4 is 10.6 Å². The van der Waals surface area contributed by atoms with Crippen molar-refractivity contribution in [2.75, 3.05) is 5.75 Å². The third-order valence-electron chi connectivity index (χ3n) is 5.60.